The summed E-state index contributed by atoms with van der Waals surface area (Å²) in [6.45, 7) is 4.67. The quantitative estimate of drug-likeness (QED) is 0.793. The predicted octanol–water partition coefficient (Wildman–Crippen LogP) is 3.14. The minimum absolute atomic E-state index is 0.00876. The normalized spacial score (nSPS) is 20.0. The van der Waals surface area contributed by atoms with Gasteiger partial charge in [0.2, 0.25) is 11.8 Å². The summed E-state index contributed by atoms with van der Waals surface area (Å²) in [6.07, 6.45) is 2.64. The molecule has 2 atom stereocenters. The van der Waals surface area contributed by atoms with Gasteiger partial charge in [0, 0.05) is 17.3 Å². The van der Waals surface area contributed by atoms with Gasteiger partial charge >= 0.3 is 0 Å². The van der Waals surface area contributed by atoms with Crippen LogP contribution in [0.2, 0.25) is 5.02 Å². The van der Waals surface area contributed by atoms with E-state index in [-0.39, 0.29) is 23.7 Å². The van der Waals surface area contributed by atoms with Crippen molar-refractivity contribution >= 4 is 29.1 Å². The number of halogens is 1. The van der Waals surface area contributed by atoms with Crippen molar-refractivity contribution < 1.29 is 9.59 Å². The van der Waals surface area contributed by atoms with Gasteiger partial charge in [-0.2, -0.15) is 0 Å². The lowest BCUT2D eigenvalue weighted by Gasteiger charge is -2.07. The highest BCUT2D eigenvalue weighted by atomic mass is 35.5. The average molecular weight is 309 g/mol. The van der Waals surface area contributed by atoms with Crippen LogP contribution in [0.4, 0.5) is 5.69 Å². The molecule has 1 aliphatic rings. The summed E-state index contributed by atoms with van der Waals surface area (Å²) in [6, 6.07) is 5.41. The molecule has 2 amide bonds. The van der Waals surface area contributed by atoms with Gasteiger partial charge < -0.3 is 10.6 Å². The molecule has 0 bridgehead atoms. The SMILES string of the molecule is CCCCNC(=O)C1CC1C(=O)Nc1ccc(C)c(Cl)c1. The highest BCUT2D eigenvalue weighted by Crippen LogP contribution is 2.39. The van der Waals surface area contributed by atoms with Crippen LogP contribution >= 0.6 is 11.6 Å². The number of benzene rings is 1. The Balaban J connectivity index is 1.82. The molecule has 1 aromatic carbocycles. The van der Waals surface area contributed by atoms with Crippen molar-refractivity contribution in [3.05, 3.63) is 28.8 Å². The third-order valence-corrected chi connectivity index (χ3v) is 4.14. The third-order valence-electron chi connectivity index (χ3n) is 3.73. The van der Waals surface area contributed by atoms with E-state index in [2.05, 4.69) is 17.6 Å². The second kappa shape index (κ2) is 6.94. The number of aryl methyl sites for hydroxylation is 1. The van der Waals surface area contributed by atoms with Gasteiger partial charge in [-0.1, -0.05) is 31.0 Å². The zero-order valence-electron chi connectivity index (χ0n) is 12.4. The van der Waals surface area contributed by atoms with Gasteiger partial charge in [0.1, 0.15) is 0 Å². The van der Waals surface area contributed by atoms with Crippen molar-refractivity contribution in [3.63, 3.8) is 0 Å². The topological polar surface area (TPSA) is 58.2 Å². The van der Waals surface area contributed by atoms with E-state index in [0.29, 0.717) is 23.7 Å². The maximum atomic E-state index is 12.1. The lowest BCUT2D eigenvalue weighted by molar-refractivity contribution is -0.125. The summed E-state index contributed by atoms with van der Waals surface area (Å²) >= 11 is 6.03. The van der Waals surface area contributed by atoms with Crippen molar-refractivity contribution in [1.82, 2.24) is 5.32 Å². The van der Waals surface area contributed by atoms with E-state index in [0.717, 1.165) is 18.4 Å². The van der Waals surface area contributed by atoms with E-state index in [1.54, 1.807) is 6.07 Å². The molecule has 2 unspecified atom stereocenters. The number of rotatable bonds is 6. The number of anilines is 1. The average Bonchev–Trinajstić information content (AvgIpc) is 3.23. The Hall–Kier alpha value is -1.55. The monoisotopic (exact) mass is 308 g/mol. The van der Waals surface area contributed by atoms with Gasteiger partial charge in [-0.05, 0) is 37.5 Å². The highest BCUT2D eigenvalue weighted by Gasteiger charge is 2.47. The van der Waals surface area contributed by atoms with E-state index < -0.39 is 0 Å². The van der Waals surface area contributed by atoms with E-state index in [1.807, 2.05) is 19.1 Å². The van der Waals surface area contributed by atoms with Crippen LogP contribution in [0, 0.1) is 18.8 Å². The van der Waals surface area contributed by atoms with Crippen LogP contribution in [0.15, 0.2) is 18.2 Å². The molecule has 2 rings (SSSR count). The zero-order chi connectivity index (χ0) is 15.4. The molecule has 2 N–H and O–H groups in total. The second-order valence-electron chi connectivity index (χ2n) is 5.55. The van der Waals surface area contributed by atoms with Crippen LogP contribution in [0.3, 0.4) is 0 Å². The molecule has 0 saturated heterocycles. The fourth-order valence-corrected chi connectivity index (χ4v) is 2.38. The Labute approximate surface area is 130 Å². The molecule has 1 fully saturated rings. The molecule has 1 saturated carbocycles. The Morgan fingerprint density at radius 3 is 2.67 bits per heavy atom. The molecular formula is C16H21ClN2O2. The smallest absolute Gasteiger partial charge is 0.228 e. The number of unbranched alkanes of at least 4 members (excludes halogenated alkanes) is 1. The van der Waals surface area contributed by atoms with Gasteiger partial charge in [-0.3, -0.25) is 9.59 Å². The van der Waals surface area contributed by atoms with E-state index in [4.69, 9.17) is 11.6 Å². The molecule has 1 aromatic rings. The van der Waals surface area contributed by atoms with Gasteiger partial charge in [-0.15, -0.1) is 0 Å². The molecule has 0 spiro atoms. The first-order valence-electron chi connectivity index (χ1n) is 7.37. The molecule has 5 heteroatoms. The zero-order valence-corrected chi connectivity index (χ0v) is 13.2. The van der Waals surface area contributed by atoms with Crippen LogP contribution < -0.4 is 10.6 Å². The lowest BCUT2D eigenvalue weighted by Crippen LogP contribution is -2.28. The summed E-state index contributed by atoms with van der Waals surface area (Å²) in [5, 5.41) is 6.31. The van der Waals surface area contributed by atoms with E-state index in [9.17, 15) is 9.59 Å². The van der Waals surface area contributed by atoms with Crippen molar-refractivity contribution in [2.45, 2.75) is 33.1 Å². The summed E-state index contributed by atoms with van der Waals surface area (Å²) in [5.41, 5.74) is 1.64. The van der Waals surface area contributed by atoms with Crippen LogP contribution in [-0.4, -0.2) is 18.4 Å². The minimum atomic E-state index is -0.216. The highest BCUT2D eigenvalue weighted by molar-refractivity contribution is 6.31. The molecule has 0 radical (unpaired) electrons. The predicted molar refractivity (Wildman–Crippen MR) is 84.3 cm³/mol. The fraction of sp³-hybridized carbons (Fsp3) is 0.500. The molecule has 4 nitrogen and oxygen atoms in total. The van der Waals surface area contributed by atoms with Gasteiger partial charge in [-0.25, -0.2) is 0 Å². The number of carbonyl (C=O) groups excluding carboxylic acids is 2. The summed E-state index contributed by atoms with van der Waals surface area (Å²) in [7, 11) is 0. The minimum Gasteiger partial charge on any atom is -0.356 e. The Bertz CT molecular complexity index is 545. The summed E-state index contributed by atoms with van der Waals surface area (Å²) in [5.74, 6) is -0.509. The molecule has 0 heterocycles. The summed E-state index contributed by atoms with van der Waals surface area (Å²) < 4.78 is 0. The first-order chi connectivity index (χ1) is 10.0. The molecule has 114 valence electrons. The standard InChI is InChI=1S/C16H21ClN2O2/c1-3-4-7-18-15(20)12-9-13(12)16(21)19-11-6-5-10(2)14(17)8-11/h5-6,8,12-13H,3-4,7,9H2,1-2H3,(H,18,20)(H,19,21). The first kappa shape index (κ1) is 15.8. The Morgan fingerprint density at radius 2 is 2.00 bits per heavy atom. The number of hydrogen-bond donors (Lipinski definition) is 2. The third kappa shape index (κ3) is 4.21. The molecular weight excluding hydrogens is 288 g/mol. The van der Waals surface area contributed by atoms with Gasteiger partial charge in [0.15, 0.2) is 0 Å². The van der Waals surface area contributed by atoms with Crippen molar-refractivity contribution in [3.8, 4) is 0 Å². The Morgan fingerprint density at radius 1 is 1.29 bits per heavy atom. The number of nitrogens with one attached hydrogen (secondary N) is 2. The molecule has 0 aliphatic heterocycles. The summed E-state index contributed by atoms with van der Waals surface area (Å²) in [4.78, 5) is 23.9. The van der Waals surface area contributed by atoms with Crippen molar-refractivity contribution in [2.75, 3.05) is 11.9 Å². The maximum absolute atomic E-state index is 12.1. The van der Waals surface area contributed by atoms with Crippen LogP contribution in [0.5, 0.6) is 0 Å². The van der Waals surface area contributed by atoms with Crippen LogP contribution in [0.1, 0.15) is 31.7 Å². The maximum Gasteiger partial charge on any atom is 0.228 e. The Kier molecular flexibility index (Phi) is 5.23. The second-order valence-corrected chi connectivity index (χ2v) is 5.95. The first-order valence-corrected chi connectivity index (χ1v) is 7.75. The van der Waals surface area contributed by atoms with Gasteiger partial charge in [0.05, 0.1) is 11.8 Å². The van der Waals surface area contributed by atoms with Crippen LogP contribution in [-0.2, 0) is 9.59 Å². The molecule has 0 aromatic heterocycles. The number of hydrogen-bond acceptors (Lipinski definition) is 2. The number of carbonyl (C=O) groups is 2. The fourth-order valence-electron chi connectivity index (χ4n) is 2.20. The van der Waals surface area contributed by atoms with Gasteiger partial charge in [0.25, 0.3) is 0 Å². The molecule has 21 heavy (non-hydrogen) atoms. The van der Waals surface area contributed by atoms with Crippen LogP contribution in [0.25, 0.3) is 0 Å². The lowest BCUT2D eigenvalue weighted by atomic mass is 10.2. The van der Waals surface area contributed by atoms with Crippen molar-refractivity contribution in [2.24, 2.45) is 11.8 Å². The van der Waals surface area contributed by atoms with Crippen molar-refractivity contribution in [1.29, 1.82) is 0 Å². The molecule has 1 aliphatic carbocycles. The largest absolute Gasteiger partial charge is 0.356 e. The number of amides is 2. The van der Waals surface area contributed by atoms with E-state index in [1.165, 1.54) is 0 Å². The van der Waals surface area contributed by atoms with E-state index >= 15 is 0 Å².